The number of hydrogen-bond donors (Lipinski definition) is 3. The molecule has 3 heterocycles. The highest BCUT2D eigenvalue weighted by Gasteiger charge is 2.54. The molecule has 5 rings (SSSR count). The molecule has 3 amide bonds. The van der Waals surface area contributed by atoms with Crippen LogP contribution in [0.15, 0.2) is 9.59 Å². The molecule has 15 heteroatoms. The highest BCUT2D eigenvalue weighted by Crippen LogP contribution is 2.41. The molecule has 1 aromatic heterocycles. The summed E-state index contributed by atoms with van der Waals surface area (Å²) in [5, 5.41) is 18.6. The second-order valence-electron chi connectivity index (χ2n) is 13.1. The fourth-order valence-electron chi connectivity index (χ4n) is 7.33. The molecule has 2 saturated carbocycles. The smallest absolute Gasteiger partial charge is 0.334 e. The SMILES string of the molecule is CN1C(=O)N(C[C@@H]2CCN(C)S(=O)(=O)C2)[C@@](C)(CC2CCC(n3c(=O)c(C(=N)N)c(O)n(CC4CCC4)c3=O)CC2)C1=O. The van der Waals surface area contributed by atoms with Crippen molar-refractivity contribution >= 4 is 27.8 Å². The van der Waals surface area contributed by atoms with Crippen LogP contribution in [0.1, 0.15) is 76.3 Å². The first-order valence-corrected chi connectivity index (χ1v) is 16.7. The second kappa shape index (κ2) is 11.4. The van der Waals surface area contributed by atoms with E-state index in [1.165, 1.54) is 20.8 Å². The molecule has 2 atom stereocenters. The van der Waals surface area contributed by atoms with E-state index in [1.807, 2.05) is 0 Å². The molecule has 2 aliphatic heterocycles. The van der Waals surface area contributed by atoms with Crippen LogP contribution in [-0.2, 0) is 21.4 Å². The monoisotopic (exact) mass is 621 g/mol. The Morgan fingerprint density at radius 1 is 0.977 bits per heavy atom. The van der Waals surface area contributed by atoms with Gasteiger partial charge in [0.2, 0.25) is 15.9 Å². The summed E-state index contributed by atoms with van der Waals surface area (Å²) in [4.78, 5) is 56.1. The molecular weight excluding hydrogens is 578 g/mol. The van der Waals surface area contributed by atoms with Crippen molar-refractivity contribution in [3.05, 3.63) is 26.4 Å². The summed E-state index contributed by atoms with van der Waals surface area (Å²) in [6, 6.07) is -0.892. The summed E-state index contributed by atoms with van der Waals surface area (Å²) >= 11 is 0. The normalized spacial score (nSPS) is 30.1. The summed E-state index contributed by atoms with van der Waals surface area (Å²) < 4.78 is 28.6. The minimum Gasteiger partial charge on any atom is -0.494 e. The van der Waals surface area contributed by atoms with Crippen LogP contribution < -0.4 is 17.0 Å². The van der Waals surface area contributed by atoms with Crippen molar-refractivity contribution in [3.8, 4) is 5.88 Å². The Bertz CT molecular complexity index is 1540. The Labute approximate surface area is 251 Å². The predicted molar refractivity (Wildman–Crippen MR) is 158 cm³/mol. The van der Waals surface area contributed by atoms with Crippen molar-refractivity contribution in [2.75, 3.05) is 32.9 Å². The maximum absolute atomic E-state index is 13.5. The largest absolute Gasteiger partial charge is 0.494 e. The molecule has 2 aliphatic carbocycles. The van der Waals surface area contributed by atoms with Crippen LogP contribution in [-0.4, -0.2) is 93.0 Å². The molecule has 2 saturated heterocycles. The number of urea groups is 1. The summed E-state index contributed by atoms with van der Waals surface area (Å²) in [5.74, 6) is -1.59. The number of carbonyl (C=O) groups excluding carboxylic acids is 2. The van der Waals surface area contributed by atoms with Gasteiger partial charge in [-0.3, -0.25) is 29.0 Å². The zero-order valence-corrected chi connectivity index (χ0v) is 25.9. The van der Waals surface area contributed by atoms with Crippen LogP contribution in [0.2, 0.25) is 0 Å². The van der Waals surface area contributed by atoms with Gasteiger partial charge >= 0.3 is 11.7 Å². The van der Waals surface area contributed by atoms with Crippen LogP contribution in [0.25, 0.3) is 0 Å². The summed E-state index contributed by atoms with van der Waals surface area (Å²) in [5.41, 5.74) is 2.79. The first-order valence-electron chi connectivity index (χ1n) is 15.1. The number of aromatic hydroxyl groups is 1. The van der Waals surface area contributed by atoms with Gasteiger partial charge in [-0.2, -0.15) is 0 Å². The Kier molecular flexibility index (Phi) is 8.26. The molecule has 14 nitrogen and oxygen atoms in total. The Balaban J connectivity index is 1.34. The number of amidine groups is 1. The van der Waals surface area contributed by atoms with Crippen molar-refractivity contribution in [1.29, 1.82) is 5.41 Å². The van der Waals surface area contributed by atoms with E-state index in [2.05, 4.69) is 0 Å². The van der Waals surface area contributed by atoms with Gasteiger partial charge in [-0.1, -0.05) is 6.42 Å². The van der Waals surface area contributed by atoms with Gasteiger partial charge in [0.25, 0.3) is 11.5 Å². The molecule has 1 aromatic rings. The van der Waals surface area contributed by atoms with Gasteiger partial charge in [0, 0.05) is 39.8 Å². The average Bonchev–Trinajstić information content (AvgIpc) is 3.05. The molecule has 43 heavy (non-hydrogen) atoms. The topological polar surface area (TPSA) is 192 Å². The minimum absolute atomic E-state index is 0.0190. The Hall–Kier alpha value is -3.20. The lowest BCUT2D eigenvalue weighted by molar-refractivity contribution is -0.132. The van der Waals surface area contributed by atoms with Crippen LogP contribution in [0.3, 0.4) is 0 Å². The van der Waals surface area contributed by atoms with Gasteiger partial charge in [0.15, 0.2) is 0 Å². The lowest BCUT2D eigenvalue weighted by atomic mass is 9.77. The molecule has 0 aromatic carbocycles. The number of rotatable bonds is 8. The number of likely N-dealkylation sites (N-methyl/N-ethyl adjacent to an activating group) is 1. The molecular formula is C28H43N7O7S. The van der Waals surface area contributed by atoms with Crippen LogP contribution in [0, 0.1) is 23.2 Å². The summed E-state index contributed by atoms with van der Waals surface area (Å²) in [6.45, 7) is 2.54. The molecule has 4 N–H and O–H groups in total. The first-order chi connectivity index (χ1) is 20.2. The number of nitrogens with two attached hydrogens (primary N) is 1. The van der Waals surface area contributed by atoms with Crippen molar-refractivity contribution < 1.29 is 23.1 Å². The highest BCUT2D eigenvalue weighted by atomic mass is 32.2. The Morgan fingerprint density at radius 2 is 1.63 bits per heavy atom. The Morgan fingerprint density at radius 3 is 2.19 bits per heavy atom. The average molecular weight is 622 g/mol. The number of nitrogens with one attached hydrogen (secondary N) is 1. The number of imide groups is 1. The van der Waals surface area contributed by atoms with E-state index >= 15 is 0 Å². The van der Waals surface area contributed by atoms with Gasteiger partial charge in [0.1, 0.15) is 16.9 Å². The fraction of sp³-hybridized carbons (Fsp3) is 0.750. The zero-order chi connectivity index (χ0) is 31.4. The van der Waals surface area contributed by atoms with Crippen molar-refractivity contribution in [1.82, 2.24) is 23.2 Å². The van der Waals surface area contributed by atoms with E-state index in [1.54, 1.807) is 14.0 Å². The van der Waals surface area contributed by atoms with E-state index in [-0.39, 0.29) is 48.1 Å². The van der Waals surface area contributed by atoms with Crippen LogP contribution in [0.4, 0.5) is 4.79 Å². The lowest BCUT2D eigenvalue weighted by Crippen LogP contribution is -2.52. The zero-order valence-electron chi connectivity index (χ0n) is 25.1. The summed E-state index contributed by atoms with van der Waals surface area (Å²) in [7, 11) is -0.425. The molecule has 0 bridgehead atoms. The number of amides is 3. The molecule has 238 valence electrons. The van der Waals surface area contributed by atoms with E-state index in [4.69, 9.17) is 11.1 Å². The third-order valence-corrected chi connectivity index (χ3v) is 12.3. The van der Waals surface area contributed by atoms with Crippen molar-refractivity contribution in [2.24, 2.45) is 23.5 Å². The third kappa shape index (κ3) is 5.49. The van der Waals surface area contributed by atoms with Gasteiger partial charge in [-0.05, 0) is 76.0 Å². The van der Waals surface area contributed by atoms with Gasteiger partial charge < -0.3 is 15.7 Å². The van der Waals surface area contributed by atoms with Gasteiger partial charge in [0.05, 0.1) is 5.75 Å². The fourth-order valence-corrected chi connectivity index (χ4v) is 8.84. The second-order valence-corrected chi connectivity index (χ2v) is 15.3. The third-order valence-electron chi connectivity index (χ3n) is 10.2. The number of aromatic nitrogens is 2. The van der Waals surface area contributed by atoms with Gasteiger partial charge in [-0.15, -0.1) is 0 Å². The number of hydrogen-bond acceptors (Lipinski definition) is 8. The molecule has 4 aliphatic rings. The van der Waals surface area contributed by atoms with Crippen molar-refractivity contribution in [3.63, 3.8) is 0 Å². The van der Waals surface area contributed by atoms with E-state index in [9.17, 15) is 32.7 Å². The maximum atomic E-state index is 13.5. The van der Waals surface area contributed by atoms with Crippen LogP contribution >= 0.6 is 0 Å². The number of nitrogen functional groups attached to an aromatic ring is 1. The molecule has 0 radical (unpaired) electrons. The number of carbonyl (C=O) groups is 2. The molecule has 0 unspecified atom stereocenters. The standard InChI is InChI=1S/C28H43N7O7S/c1-28(25(38)32(3)26(39)34(28)15-19-11-12-31(2)43(41,42)16-19)13-17-7-9-20(10-8-17)35-24(37)21(22(29)30)23(36)33(27(35)40)14-18-5-4-6-18/h17-20,36H,4-16H2,1-3H3,(H3,29,30)/t17?,19-,20?,28-/m0/s1. The number of sulfonamides is 1. The van der Waals surface area contributed by atoms with E-state index in [0.29, 0.717) is 45.1 Å². The predicted octanol–water partition coefficient (Wildman–Crippen LogP) is 0.855. The maximum Gasteiger partial charge on any atom is 0.334 e. The quantitative estimate of drug-likeness (QED) is 0.216. The summed E-state index contributed by atoms with van der Waals surface area (Å²) in [6.07, 6.45) is 5.97. The van der Waals surface area contributed by atoms with Gasteiger partial charge in [-0.25, -0.2) is 22.3 Å². The van der Waals surface area contributed by atoms with E-state index in [0.717, 1.165) is 28.7 Å². The molecule has 4 fully saturated rings. The van der Waals surface area contributed by atoms with Crippen LogP contribution in [0.5, 0.6) is 5.88 Å². The van der Waals surface area contributed by atoms with Crippen molar-refractivity contribution in [2.45, 2.75) is 82.8 Å². The first kappa shape index (κ1) is 31.2. The van der Waals surface area contributed by atoms with E-state index < -0.39 is 50.6 Å². The number of nitrogens with zero attached hydrogens (tertiary/aromatic N) is 5. The minimum atomic E-state index is -3.42. The highest BCUT2D eigenvalue weighted by molar-refractivity contribution is 7.89. The lowest BCUT2D eigenvalue weighted by Gasteiger charge is -2.40. The molecule has 0 spiro atoms.